The van der Waals surface area contributed by atoms with Crippen LogP contribution in [0.15, 0.2) is 146 Å². The Morgan fingerprint density at radius 2 is 0.667 bits per heavy atom. The van der Waals surface area contributed by atoms with Crippen molar-refractivity contribution in [2.75, 3.05) is 9.80 Å². The van der Waals surface area contributed by atoms with Crippen LogP contribution in [0.1, 0.15) is 22.3 Å². The molecule has 0 bridgehead atoms. The first-order chi connectivity index (χ1) is 23.8. The van der Waals surface area contributed by atoms with E-state index >= 15 is 0 Å². The van der Waals surface area contributed by atoms with E-state index in [1.807, 2.05) is 0 Å². The number of benzene rings is 7. The quantitative estimate of drug-likeness (QED) is 0.182. The lowest BCUT2D eigenvalue weighted by Gasteiger charge is -2.28. The summed E-state index contributed by atoms with van der Waals surface area (Å²) < 4.78 is 0. The van der Waals surface area contributed by atoms with Crippen molar-refractivity contribution in [3.8, 4) is 0 Å². The average molecular weight is 613 g/mol. The number of rotatable bonds is 2. The summed E-state index contributed by atoms with van der Waals surface area (Å²) in [5.74, 6) is 0. The number of anilines is 6. The fraction of sp³-hybridized carbons (Fsp3) is 0. The van der Waals surface area contributed by atoms with Gasteiger partial charge >= 0.3 is 0 Å². The predicted molar refractivity (Wildman–Crippen MR) is 202 cm³/mol. The molecule has 48 heavy (non-hydrogen) atoms. The van der Waals surface area contributed by atoms with Crippen molar-refractivity contribution < 1.29 is 0 Å². The van der Waals surface area contributed by atoms with Crippen molar-refractivity contribution in [1.29, 1.82) is 0 Å². The summed E-state index contributed by atoms with van der Waals surface area (Å²) in [6.45, 7) is 0. The minimum atomic E-state index is 0.895. The molecule has 0 saturated carbocycles. The smallest absolute Gasteiger partial charge is 0.0972 e. The number of hydrogen-bond donors (Lipinski definition) is 0. The summed E-state index contributed by atoms with van der Waals surface area (Å²) in [5, 5.41) is 4.47. The van der Waals surface area contributed by atoms with Crippen LogP contribution >= 0.6 is 0 Å². The van der Waals surface area contributed by atoms with Gasteiger partial charge in [-0.3, -0.25) is 9.97 Å². The lowest BCUT2D eigenvalue weighted by Crippen LogP contribution is -2.12. The van der Waals surface area contributed by atoms with E-state index in [0.29, 0.717) is 0 Å². The fourth-order valence-electron chi connectivity index (χ4n) is 7.44. The van der Waals surface area contributed by atoms with Gasteiger partial charge in [0, 0.05) is 34.5 Å². The second kappa shape index (κ2) is 10.5. The third kappa shape index (κ3) is 4.03. The van der Waals surface area contributed by atoms with Crippen LogP contribution in [-0.4, -0.2) is 9.97 Å². The standard InChI is InChI=1S/C44H28N4/c1-5-13-39-29(9-1)17-18-30-10-2-6-14-40(30)47(39)33-21-23-35-36-24-22-34(28-38(36)44-43(37(35)27-33)45-25-26-46-44)48-41-15-7-3-11-31(41)19-20-32-12-4-8-16-42(32)48/h1-28H. The van der Waals surface area contributed by atoms with Gasteiger partial charge in [0.15, 0.2) is 0 Å². The number of nitrogens with zero attached hydrogens (tertiary/aromatic N) is 4. The fourth-order valence-corrected chi connectivity index (χ4v) is 7.44. The van der Waals surface area contributed by atoms with E-state index in [9.17, 15) is 0 Å². The van der Waals surface area contributed by atoms with Crippen molar-refractivity contribution in [3.63, 3.8) is 0 Å². The van der Waals surface area contributed by atoms with Gasteiger partial charge in [0.2, 0.25) is 0 Å². The highest BCUT2D eigenvalue weighted by Crippen LogP contribution is 2.46. The molecule has 0 radical (unpaired) electrons. The molecule has 224 valence electrons. The van der Waals surface area contributed by atoms with Gasteiger partial charge in [0.05, 0.1) is 33.8 Å². The molecule has 0 saturated heterocycles. The zero-order valence-corrected chi connectivity index (χ0v) is 26.0. The van der Waals surface area contributed by atoms with Crippen LogP contribution in [0.3, 0.4) is 0 Å². The van der Waals surface area contributed by atoms with Crippen molar-refractivity contribution in [2.45, 2.75) is 0 Å². The zero-order chi connectivity index (χ0) is 31.6. The maximum Gasteiger partial charge on any atom is 0.0972 e. The molecule has 1 aromatic heterocycles. The topological polar surface area (TPSA) is 32.3 Å². The predicted octanol–water partition coefficient (Wildman–Crippen LogP) is 11.8. The molecular formula is C44H28N4. The van der Waals surface area contributed by atoms with Gasteiger partial charge in [-0.25, -0.2) is 0 Å². The zero-order valence-electron chi connectivity index (χ0n) is 26.0. The second-order valence-electron chi connectivity index (χ2n) is 12.3. The maximum absolute atomic E-state index is 4.96. The SMILES string of the molecule is C1=Cc2ccccc2N(c2ccc3c4ccc(N5c6ccccc6C=Cc6ccccc65)cc4c4nccnc4c3c2)c2ccccc21. The molecular weight excluding hydrogens is 585 g/mol. The summed E-state index contributed by atoms with van der Waals surface area (Å²) in [7, 11) is 0. The van der Waals surface area contributed by atoms with Crippen molar-refractivity contribution in [1.82, 2.24) is 9.97 Å². The second-order valence-corrected chi connectivity index (χ2v) is 12.3. The van der Waals surface area contributed by atoms with Gasteiger partial charge in [0.25, 0.3) is 0 Å². The van der Waals surface area contributed by atoms with E-state index in [1.54, 1.807) is 12.4 Å². The molecule has 0 unspecified atom stereocenters. The van der Waals surface area contributed by atoms with Gasteiger partial charge in [0.1, 0.15) is 0 Å². The van der Waals surface area contributed by atoms with Crippen LogP contribution in [0.25, 0.3) is 56.9 Å². The van der Waals surface area contributed by atoms with E-state index in [0.717, 1.165) is 66.7 Å². The van der Waals surface area contributed by atoms with Gasteiger partial charge in [-0.2, -0.15) is 0 Å². The third-order valence-electron chi connectivity index (χ3n) is 9.62. The van der Waals surface area contributed by atoms with Crippen LogP contribution in [0.4, 0.5) is 34.1 Å². The molecule has 2 aliphatic heterocycles. The Morgan fingerprint density at radius 3 is 1.02 bits per heavy atom. The van der Waals surface area contributed by atoms with Crippen LogP contribution in [0, 0.1) is 0 Å². The molecule has 8 aromatic rings. The van der Waals surface area contributed by atoms with Crippen molar-refractivity contribution in [2.24, 2.45) is 0 Å². The molecule has 0 fully saturated rings. The third-order valence-corrected chi connectivity index (χ3v) is 9.62. The minimum absolute atomic E-state index is 0.895. The minimum Gasteiger partial charge on any atom is -0.309 e. The first-order valence-electron chi connectivity index (χ1n) is 16.2. The highest BCUT2D eigenvalue weighted by Gasteiger charge is 2.23. The summed E-state index contributed by atoms with van der Waals surface area (Å²) in [5.41, 5.74) is 13.2. The Bertz CT molecular complexity index is 2350. The molecule has 2 aliphatic rings. The molecule has 10 rings (SSSR count). The Balaban J connectivity index is 1.21. The van der Waals surface area contributed by atoms with Crippen LogP contribution < -0.4 is 9.80 Å². The maximum atomic E-state index is 4.96. The van der Waals surface area contributed by atoms with E-state index in [4.69, 9.17) is 9.97 Å². The largest absolute Gasteiger partial charge is 0.309 e. The summed E-state index contributed by atoms with van der Waals surface area (Å²) in [6.07, 6.45) is 12.4. The Morgan fingerprint density at radius 1 is 0.333 bits per heavy atom. The molecule has 3 heterocycles. The Labute approximate surface area is 278 Å². The Hall–Kier alpha value is -6.52. The van der Waals surface area contributed by atoms with Gasteiger partial charge < -0.3 is 9.80 Å². The molecule has 0 amide bonds. The Kier molecular flexibility index (Phi) is 5.84. The van der Waals surface area contributed by atoms with E-state index < -0.39 is 0 Å². The number of hydrogen-bond acceptors (Lipinski definition) is 4. The number of para-hydroxylation sites is 4. The van der Waals surface area contributed by atoms with Crippen LogP contribution in [0.5, 0.6) is 0 Å². The summed E-state index contributed by atoms with van der Waals surface area (Å²) in [6, 6.07) is 47.9. The normalized spacial score (nSPS) is 13.2. The lowest BCUT2D eigenvalue weighted by molar-refractivity contribution is 1.28. The van der Waals surface area contributed by atoms with Crippen molar-refractivity contribution >= 4 is 91.0 Å². The molecule has 4 nitrogen and oxygen atoms in total. The highest BCUT2D eigenvalue weighted by atomic mass is 15.2. The summed E-state index contributed by atoms with van der Waals surface area (Å²) in [4.78, 5) is 14.7. The average Bonchev–Trinajstić information content (AvgIpc) is 3.43. The molecule has 0 atom stereocenters. The molecule has 0 aliphatic carbocycles. The van der Waals surface area contributed by atoms with Gasteiger partial charge in [-0.15, -0.1) is 0 Å². The van der Waals surface area contributed by atoms with E-state index in [1.165, 1.54) is 22.3 Å². The van der Waals surface area contributed by atoms with Crippen LogP contribution in [0.2, 0.25) is 0 Å². The number of fused-ring (bicyclic) bond motifs is 10. The molecule has 0 N–H and O–H groups in total. The lowest BCUT2D eigenvalue weighted by atomic mass is 9.97. The summed E-state index contributed by atoms with van der Waals surface area (Å²) >= 11 is 0. The molecule has 0 spiro atoms. The first-order valence-corrected chi connectivity index (χ1v) is 16.2. The van der Waals surface area contributed by atoms with Crippen LogP contribution in [-0.2, 0) is 0 Å². The molecule has 7 aromatic carbocycles. The van der Waals surface area contributed by atoms with E-state index in [2.05, 4.69) is 168 Å². The number of aromatic nitrogens is 2. The first kappa shape index (κ1) is 26.7. The van der Waals surface area contributed by atoms with E-state index in [-0.39, 0.29) is 0 Å². The van der Waals surface area contributed by atoms with Gasteiger partial charge in [-0.1, -0.05) is 109 Å². The monoisotopic (exact) mass is 612 g/mol. The van der Waals surface area contributed by atoms with Crippen molar-refractivity contribution in [3.05, 3.63) is 168 Å². The molecule has 4 heteroatoms. The van der Waals surface area contributed by atoms with Gasteiger partial charge in [-0.05, 0) is 81.6 Å². The highest BCUT2D eigenvalue weighted by molar-refractivity contribution is 6.24.